The molecule has 1 saturated carbocycles. The van der Waals surface area contributed by atoms with Crippen molar-refractivity contribution in [1.29, 1.82) is 0 Å². The first-order valence-corrected chi connectivity index (χ1v) is 10.7. The summed E-state index contributed by atoms with van der Waals surface area (Å²) >= 11 is 6.27. The molecule has 0 amide bonds. The van der Waals surface area contributed by atoms with Gasteiger partial charge in [0.2, 0.25) is 0 Å². The molecular formula is C24H32ClN. The molecule has 0 heterocycles. The van der Waals surface area contributed by atoms with Gasteiger partial charge in [0.15, 0.2) is 0 Å². The maximum atomic E-state index is 6.27. The van der Waals surface area contributed by atoms with E-state index in [9.17, 15) is 0 Å². The van der Waals surface area contributed by atoms with Crippen molar-refractivity contribution >= 4 is 11.6 Å². The van der Waals surface area contributed by atoms with Crippen LogP contribution in [0.1, 0.15) is 61.6 Å². The molecule has 0 radical (unpaired) electrons. The summed E-state index contributed by atoms with van der Waals surface area (Å²) < 4.78 is 0. The Hall–Kier alpha value is -1.31. The Kier molecular flexibility index (Phi) is 7.58. The third-order valence-corrected chi connectivity index (χ3v) is 5.94. The van der Waals surface area contributed by atoms with Crippen molar-refractivity contribution < 1.29 is 0 Å². The van der Waals surface area contributed by atoms with Gasteiger partial charge in [-0.3, -0.25) is 4.90 Å². The van der Waals surface area contributed by atoms with Crippen molar-refractivity contribution in [1.82, 2.24) is 4.90 Å². The van der Waals surface area contributed by atoms with Gasteiger partial charge in [-0.25, -0.2) is 0 Å². The fourth-order valence-corrected chi connectivity index (χ4v) is 4.46. The average molecular weight is 370 g/mol. The topological polar surface area (TPSA) is 3.24 Å². The van der Waals surface area contributed by atoms with Gasteiger partial charge >= 0.3 is 0 Å². The first-order chi connectivity index (χ1) is 12.7. The lowest BCUT2D eigenvalue weighted by molar-refractivity contribution is 0.262. The molecule has 0 saturated heterocycles. The highest BCUT2D eigenvalue weighted by molar-refractivity contribution is 6.20. The van der Waals surface area contributed by atoms with Crippen LogP contribution in [0.2, 0.25) is 0 Å². The minimum absolute atomic E-state index is 0.383. The molecule has 26 heavy (non-hydrogen) atoms. The van der Waals surface area contributed by atoms with Crippen LogP contribution >= 0.6 is 11.6 Å². The van der Waals surface area contributed by atoms with Gasteiger partial charge in [-0.05, 0) is 74.2 Å². The second kappa shape index (κ2) is 10.1. The normalized spacial score (nSPS) is 20.0. The zero-order valence-electron chi connectivity index (χ0n) is 16.0. The van der Waals surface area contributed by atoms with Crippen molar-refractivity contribution in [3.8, 4) is 0 Å². The second-order valence-electron chi connectivity index (χ2n) is 7.71. The molecule has 0 spiro atoms. The molecule has 0 aromatic heterocycles. The summed E-state index contributed by atoms with van der Waals surface area (Å²) in [5.41, 5.74) is 4.36. The van der Waals surface area contributed by atoms with E-state index in [2.05, 4.69) is 66.4 Å². The summed E-state index contributed by atoms with van der Waals surface area (Å²) in [5.74, 6) is 0.678. The van der Waals surface area contributed by atoms with Crippen molar-refractivity contribution in [2.75, 3.05) is 13.1 Å². The van der Waals surface area contributed by atoms with Gasteiger partial charge in [-0.15, -0.1) is 11.6 Å². The van der Waals surface area contributed by atoms with E-state index in [1.165, 1.54) is 55.5 Å². The number of rotatable bonds is 9. The summed E-state index contributed by atoms with van der Waals surface area (Å²) in [6, 6.07) is 20.2. The van der Waals surface area contributed by atoms with Crippen molar-refractivity contribution in [3.05, 3.63) is 71.3 Å². The molecule has 2 atom stereocenters. The number of nitrogens with zero attached hydrogens (tertiary/aromatic N) is 1. The van der Waals surface area contributed by atoms with Crippen LogP contribution < -0.4 is 0 Å². The van der Waals surface area contributed by atoms with Gasteiger partial charge in [0.1, 0.15) is 0 Å². The molecule has 2 aromatic carbocycles. The number of alkyl halides is 1. The van der Waals surface area contributed by atoms with Crippen LogP contribution in [0.5, 0.6) is 0 Å². The molecule has 1 aliphatic carbocycles. The molecule has 1 aliphatic rings. The highest BCUT2D eigenvalue weighted by Gasteiger charge is 2.23. The van der Waals surface area contributed by atoms with Crippen molar-refractivity contribution in [2.24, 2.45) is 0 Å². The minimum Gasteiger partial charge on any atom is -0.299 e. The smallest absolute Gasteiger partial charge is 0.0342 e. The van der Waals surface area contributed by atoms with E-state index in [1.54, 1.807) is 0 Å². The number of aryl methyl sites for hydroxylation is 1. The van der Waals surface area contributed by atoms with Gasteiger partial charge in [0.25, 0.3) is 0 Å². The standard InChI is InChI=1S/C24H32ClN/c1-2-16-26(19-21-7-4-3-5-8-21)17-6-9-20-10-12-22(13-11-20)23-14-15-24(25)18-23/h3-5,7-8,10-13,23-24H,2,6,9,14-19H2,1H3. The SMILES string of the molecule is CCCN(CCCc1ccc(C2CCC(Cl)C2)cc1)Cc1ccccc1. The fourth-order valence-electron chi connectivity index (χ4n) is 4.12. The third-order valence-electron chi connectivity index (χ3n) is 5.55. The molecule has 0 bridgehead atoms. The van der Waals surface area contributed by atoms with E-state index >= 15 is 0 Å². The highest BCUT2D eigenvalue weighted by atomic mass is 35.5. The monoisotopic (exact) mass is 369 g/mol. The summed E-state index contributed by atoms with van der Waals surface area (Å²) in [5, 5.41) is 0.383. The van der Waals surface area contributed by atoms with E-state index in [0.717, 1.165) is 19.4 Å². The third kappa shape index (κ3) is 5.86. The Morgan fingerprint density at radius 2 is 1.69 bits per heavy atom. The Labute approximate surface area is 164 Å². The van der Waals surface area contributed by atoms with Crippen LogP contribution in [0, 0.1) is 0 Å². The van der Waals surface area contributed by atoms with Crippen LogP contribution in [0.4, 0.5) is 0 Å². The largest absolute Gasteiger partial charge is 0.299 e. The Bertz CT molecular complexity index is 637. The first-order valence-electron chi connectivity index (χ1n) is 10.2. The zero-order chi connectivity index (χ0) is 18.2. The van der Waals surface area contributed by atoms with Crippen molar-refractivity contribution in [2.45, 2.75) is 63.3 Å². The number of benzene rings is 2. The van der Waals surface area contributed by atoms with Crippen LogP contribution in [0.15, 0.2) is 54.6 Å². The second-order valence-corrected chi connectivity index (χ2v) is 8.33. The van der Waals surface area contributed by atoms with E-state index in [4.69, 9.17) is 11.6 Å². The van der Waals surface area contributed by atoms with Crippen LogP contribution in [0.3, 0.4) is 0 Å². The average Bonchev–Trinajstić information content (AvgIpc) is 3.10. The summed E-state index contributed by atoms with van der Waals surface area (Å²) in [6.07, 6.45) is 7.16. The maximum absolute atomic E-state index is 6.27. The lowest BCUT2D eigenvalue weighted by atomic mass is 9.96. The van der Waals surface area contributed by atoms with Crippen LogP contribution in [-0.2, 0) is 13.0 Å². The van der Waals surface area contributed by atoms with Gasteiger partial charge in [-0.1, -0.05) is 61.5 Å². The molecular weight excluding hydrogens is 338 g/mol. The Balaban J connectivity index is 1.46. The molecule has 2 aromatic rings. The highest BCUT2D eigenvalue weighted by Crippen LogP contribution is 2.37. The molecule has 140 valence electrons. The summed E-state index contributed by atoms with van der Waals surface area (Å²) in [7, 11) is 0. The molecule has 0 N–H and O–H groups in total. The maximum Gasteiger partial charge on any atom is 0.0342 e. The Morgan fingerprint density at radius 1 is 0.923 bits per heavy atom. The van der Waals surface area contributed by atoms with E-state index in [1.807, 2.05) is 0 Å². The molecule has 1 nitrogen and oxygen atoms in total. The summed E-state index contributed by atoms with van der Waals surface area (Å²) in [4.78, 5) is 2.59. The quantitative estimate of drug-likeness (QED) is 0.462. The number of hydrogen-bond acceptors (Lipinski definition) is 1. The molecule has 2 unspecified atom stereocenters. The van der Waals surface area contributed by atoms with Gasteiger partial charge in [-0.2, -0.15) is 0 Å². The lowest BCUT2D eigenvalue weighted by Gasteiger charge is -2.22. The van der Waals surface area contributed by atoms with E-state index < -0.39 is 0 Å². The van der Waals surface area contributed by atoms with Gasteiger partial charge in [0, 0.05) is 11.9 Å². The number of halogens is 1. The lowest BCUT2D eigenvalue weighted by Crippen LogP contribution is -2.25. The predicted molar refractivity (Wildman–Crippen MR) is 113 cm³/mol. The summed E-state index contributed by atoms with van der Waals surface area (Å²) in [6.45, 7) is 5.68. The molecule has 2 heteroatoms. The first kappa shape index (κ1) is 19.5. The predicted octanol–water partition coefficient (Wildman–Crippen LogP) is 6.41. The zero-order valence-corrected chi connectivity index (χ0v) is 16.8. The molecule has 1 fully saturated rings. The fraction of sp³-hybridized carbons (Fsp3) is 0.500. The van der Waals surface area contributed by atoms with Crippen molar-refractivity contribution in [3.63, 3.8) is 0 Å². The minimum atomic E-state index is 0.383. The number of hydrogen-bond donors (Lipinski definition) is 0. The molecule has 3 rings (SSSR count). The van der Waals surface area contributed by atoms with Gasteiger partial charge in [0.05, 0.1) is 0 Å². The van der Waals surface area contributed by atoms with E-state index in [0.29, 0.717) is 11.3 Å². The van der Waals surface area contributed by atoms with Crippen LogP contribution in [0.25, 0.3) is 0 Å². The molecule has 0 aliphatic heterocycles. The van der Waals surface area contributed by atoms with Gasteiger partial charge < -0.3 is 0 Å². The van der Waals surface area contributed by atoms with Crippen LogP contribution in [-0.4, -0.2) is 23.4 Å². The Morgan fingerprint density at radius 3 is 2.35 bits per heavy atom. The van der Waals surface area contributed by atoms with E-state index in [-0.39, 0.29) is 0 Å².